The number of fused-ring (bicyclic) bond motifs is 2. The summed E-state index contributed by atoms with van der Waals surface area (Å²) in [6, 6.07) is 10.5. The van der Waals surface area contributed by atoms with Gasteiger partial charge in [0.2, 0.25) is 5.43 Å². The maximum atomic E-state index is 13.4. The van der Waals surface area contributed by atoms with Crippen LogP contribution in [0.1, 0.15) is 28.4 Å². The minimum absolute atomic E-state index is 0.0217. The van der Waals surface area contributed by atoms with Crippen LogP contribution in [0.5, 0.6) is 0 Å². The molecule has 3 aromatic rings. The molecule has 3 N–H and O–H groups in total. The van der Waals surface area contributed by atoms with Crippen LogP contribution in [-0.4, -0.2) is 47.8 Å². The number of nitrogens with two attached hydrogens (primary N) is 1. The van der Waals surface area contributed by atoms with Crippen molar-refractivity contribution in [1.82, 2.24) is 9.55 Å². The lowest BCUT2D eigenvalue weighted by molar-refractivity contribution is 0.0996. The molecule has 1 fully saturated rings. The lowest BCUT2D eigenvalue weighted by Gasteiger charge is -2.32. The molecule has 8 heteroatoms. The zero-order valence-electron chi connectivity index (χ0n) is 18.1. The number of ether oxygens (including phenoxy) is 1. The second-order valence-electron chi connectivity index (χ2n) is 8.35. The van der Waals surface area contributed by atoms with Crippen LogP contribution < -0.4 is 21.4 Å². The standard InChI is InChI=1S/C24H27N5O3/c1-2-29-23-19(21(30)20(22(25)31)24(29)28-7-9-32-10-8-28)13-18(14-26-23)27-17-11-15-5-3-4-6-16(15)12-17/h3-6,13-14,17,27H,2,7-12H2,1H3,(H2,25,31). The van der Waals surface area contributed by atoms with Crippen LogP contribution in [0.2, 0.25) is 0 Å². The molecule has 2 aliphatic rings. The summed E-state index contributed by atoms with van der Waals surface area (Å²) in [5, 5.41) is 3.92. The summed E-state index contributed by atoms with van der Waals surface area (Å²) >= 11 is 0. The summed E-state index contributed by atoms with van der Waals surface area (Å²) in [7, 11) is 0. The Labute approximate surface area is 186 Å². The number of carbonyl (C=O) groups is 1. The second-order valence-corrected chi connectivity index (χ2v) is 8.35. The van der Waals surface area contributed by atoms with E-state index in [0.29, 0.717) is 49.7 Å². The number of primary amides is 1. The number of amides is 1. The first-order chi connectivity index (χ1) is 15.6. The predicted molar refractivity (Wildman–Crippen MR) is 124 cm³/mol. The minimum atomic E-state index is -0.717. The average molecular weight is 434 g/mol. The van der Waals surface area contributed by atoms with Crippen LogP contribution in [0, 0.1) is 0 Å². The molecule has 2 aromatic heterocycles. The number of hydrogen-bond acceptors (Lipinski definition) is 6. The fourth-order valence-electron chi connectivity index (χ4n) is 4.91. The Morgan fingerprint density at radius 2 is 1.91 bits per heavy atom. The van der Waals surface area contributed by atoms with Crippen LogP contribution in [0.25, 0.3) is 11.0 Å². The highest BCUT2D eigenvalue weighted by atomic mass is 16.5. The Kier molecular flexibility index (Phi) is 5.30. The van der Waals surface area contributed by atoms with Gasteiger partial charge < -0.3 is 25.3 Å². The van der Waals surface area contributed by atoms with Crippen LogP contribution in [0.4, 0.5) is 11.5 Å². The molecule has 0 unspecified atom stereocenters. The predicted octanol–water partition coefficient (Wildman–Crippen LogP) is 1.93. The normalized spacial score (nSPS) is 16.3. The number of carbonyl (C=O) groups excluding carboxylic acids is 1. The number of rotatable bonds is 5. The summed E-state index contributed by atoms with van der Waals surface area (Å²) < 4.78 is 7.36. The fraction of sp³-hybridized carbons (Fsp3) is 0.375. The number of nitrogens with zero attached hydrogens (tertiary/aromatic N) is 3. The zero-order valence-corrected chi connectivity index (χ0v) is 18.1. The first kappa shape index (κ1) is 20.5. The molecule has 1 saturated heterocycles. The third-order valence-electron chi connectivity index (χ3n) is 6.37. The van der Waals surface area contributed by atoms with Crippen molar-refractivity contribution < 1.29 is 9.53 Å². The Hall–Kier alpha value is -3.39. The Morgan fingerprint density at radius 1 is 1.22 bits per heavy atom. The van der Waals surface area contributed by atoms with Gasteiger partial charge in [-0.15, -0.1) is 0 Å². The summed E-state index contributed by atoms with van der Waals surface area (Å²) in [6.45, 7) is 4.78. The molecule has 5 rings (SSSR count). The summed E-state index contributed by atoms with van der Waals surface area (Å²) in [6.07, 6.45) is 3.62. The molecular formula is C24H27N5O3. The molecule has 0 atom stereocenters. The highest BCUT2D eigenvalue weighted by molar-refractivity contribution is 6.01. The van der Waals surface area contributed by atoms with Gasteiger partial charge in [0.05, 0.1) is 30.5 Å². The van der Waals surface area contributed by atoms with Gasteiger partial charge in [-0.3, -0.25) is 9.59 Å². The minimum Gasteiger partial charge on any atom is -0.380 e. The first-order valence-electron chi connectivity index (χ1n) is 11.1. The Morgan fingerprint density at radius 3 is 2.53 bits per heavy atom. The molecule has 0 saturated carbocycles. The third-order valence-corrected chi connectivity index (χ3v) is 6.37. The van der Waals surface area contributed by atoms with Crippen molar-refractivity contribution in [2.24, 2.45) is 5.73 Å². The van der Waals surface area contributed by atoms with Gasteiger partial charge in [-0.25, -0.2) is 4.98 Å². The van der Waals surface area contributed by atoms with E-state index in [1.54, 1.807) is 12.3 Å². The van der Waals surface area contributed by atoms with Crippen molar-refractivity contribution >= 4 is 28.4 Å². The smallest absolute Gasteiger partial charge is 0.256 e. The van der Waals surface area contributed by atoms with Gasteiger partial charge in [0.1, 0.15) is 17.0 Å². The van der Waals surface area contributed by atoms with Gasteiger partial charge in [-0.1, -0.05) is 24.3 Å². The van der Waals surface area contributed by atoms with Gasteiger partial charge in [-0.2, -0.15) is 0 Å². The number of aromatic nitrogens is 2. The summed E-state index contributed by atoms with van der Waals surface area (Å²) in [5.74, 6) is -0.176. The molecule has 1 amide bonds. The van der Waals surface area contributed by atoms with Gasteiger partial charge in [0.25, 0.3) is 5.91 Å². The highest BCUT2D eigenvalue weighted by Crippen LogP contribution is 2.28. The maximum absolute atomic E-state index is 13.4. The monoisotopic (exact) mass is 433 g/mol. The van der Waals surface area contributed by atoms with E-state index < -0.39 is 5.91 Å². The molecular weight excluding hydrogens is 406 g/mol. The van der Waals surface area contributed by atoms with Crippen LogP contribution in [0.3, 0.4) is 0 Å². The number of hydrogen-bond donors (Lipinski definition) is 2. The first-order valence-corrected chi connectivity index (χ1v) is 11.1. The second kappa shape index (κ2) is 8.27. The number of benzene rings is 1. The molecule has 0 radical (unpaired) electrons. The highest BCUT2D eigenvalue weighted by Gasteiger charge is 2.27. The molecule has 1 aliphatic heterocycles. The largest absolute Gasteiger partial charge is 0.380 e. The van der Waals surface area contributed by atoms with Gasteiger partial charge >= 0.3 is 0 Å². The molecule has 8 nitrogen and oxygen atoms in total. The molecule has 0 spiro atoms. The molecule has 0 bridgehead atoms. The Bertz CT molecular complexity index is 1220. The van der Waals surface area contributed by atoms with E-state index in [0.717, 1.165) is 18.5 Å². The summed E-state index contributed by atoms with van der Waals surface area (Å²) in [5.41, 5.74) is 9.38. The molecule has 1 aliphatic carbocycles. The number of morpholine rings is 1. The van der Waals surface area contributed by atoms with Crippen LogP contribution >= 0.6 is 0 Å². The number of nitrogens with one attached hydrogen (secondary N) is 1. The van der Waals surface area contributed by atoms with Crippen molar-refractivity contribution in [3.05, 3.63) is 63.4 Å². The van der Waals surface area contributed by atoms with E-state index in [-0.39, 0.29) is 17.0 Å². The lowest BCUT2D eigenvalue weighted by atomic mass is 10.1. The topological polar surface area (TPSA) is 102 Å². The van der Waals surface area contributed by atoms with Crippen molar-refractivity contribution in [1.29, 1.82) is 0 Å². The quantitative estimate of drug-likeness (QED) is 0.638. The van der Waals surface area contributed by atoms with Gasteiger partial charge in [0.15, 0.2) is 0 Å². The van der Waals surface area contributed by atoms with E-state index >= 15 is 0 Å². The van der Waals surface area contributed by atoms with Crippen molar-refractivity contribution in [3.63, 3.8) is 0 Å². The lowest BCUT2D eigenvalue weighted by Crippen LogP contribution is -2.41. The fourth-order valence-corrected chi connectivity index (χ4v) is 4.91. The van der Waals surface area contributed by atoms with Crippen molar-refractivity contribution in [2.45, 2.75) is 32.4 Å². The number of aryl methyl sites for hydroxylation is 1. The van der Waals surface area contributed by atoms with Crippen LogP contribution in [-0.2, 0) is 24.1 Å². The Balaban J connectivity index is 1.57. The van der Waals surface area contributed by atoms with E-state index in [1.807, 2.05) is 16.4 Å². The van der Waals surface area contributed by atoms with Crippen molar-refractivity contribution in [3.8, 4) is 0 Å². The maximum Gasteiger partial charge on any atom is 0.256 e. The molecule has 3 heterocycles. The number of pyridine rings is 2. The van der Waals surface area contributed by atoms with Gasteiger partial charge in [-0.05, 0) is 37.0 Å². The SMILES string of the molecule is CCn1c(N2CCOCC2)c(C(N)=O)c(=O)c2cc(NC3Cc4ccccc4C3)cnc21. The average Bonchev–Trinajstić information content (AvgIpc) is 3.21. The number of anilines is 2. The third kappa shape index (κ3) is 3.50. The van der Waals surface area contributed by atoms with E-state index in [2.05, 4.69) is 34.6 Å². The van der Waals surface area contributed by atoms with Crippen LogP contribution in [0.15, 0.2) is 41.3 Å². The van der Waals surface area contributed by atoms with E-state index in [9.17, 15) is 9.59 Å². The summed E-state index contributed by atoms with van der Waals surface area (Å²) in [4.78, 5) is 32.5. The zero-order chi connectivity index (χ0) is 22.2. The molecule has 1 aromatic carbocycles. The molecule has 32 heavy (non-hydrogen) atoms. The van der Waals surface area contributed by atoms with E-state index in [1.165, 1.54) is 11.1 Å². The van der Waals surface area contributed by atoms with E-state index in [4.69, 9.17) is 10.5 Å². The molecule has 166 valence electrons. The van der Waals surface area contributed by atoms with Gasteiger partial charge in [0, 0.05) is 25.7 Å². The van der Waals surface area contributed by atoms with Crippen molar-refractivity contribution in [2.75, 3.05) is 36.5 Å².